The number of ether oxygens (including phenoxy) is 1. The smallest absolute Gasteiger partial charge is 0.303 e. The summed E-state index contributed by atoms with van der Waals surface area (Å²) >= 11 is 0. The Bertz CT molecular complexity index is 597. The number of tetrazole rings is 1. The van der Waals surface area contributed by atoms with Gasteiger partial charge in [-0.2, -0.15) is 0 Å². The van der Waals surface area contributed by atoms with E-state index in [1.54, 1.807) is 4.68 Å². The highest BCUT2D eigenvalue weighted by atomic mass is 16.5. The van der Waals surface area contributed by atoms with E-state index in [9.17, 15) is 4.79 Å². The van der Waals surface area contributed by atoms with E-state index >= 15 is 0 Å². The Kier molecular flexibility index (Phi) is 5.25. The fourth-order valence-corrected chi connectivity index (χ4v) is 1.89. The van der Waals surface area contributed by atoms with Crippen LogP contribution in [0.25, 0.3) is 11.4 Å². The molecule has 2 rings (SSSR count). The first-order valence-electron chi connectivity index (χ1n) is 6.92. The summed E-state index contributed by atoms with van der Waals surface area (Å²) in [5, 5.41) is 20.2. The van der Waals surface area contributed by atoms with Gasteiger partial charge in [0.1, 0.15) is 5.75 Å². The Morgan fingerprint density at radius 2 is 2.29 bits per heavy atom. The molecule has 1 aromatic heterocycles. The van der Waals surface area contributed by atoms with Crippen LogP contribution in [0.5, 0.6) is 5.75 Å². The maximum atomic E-state index is 10.6. The van der Waals surface area contributed by atoms with Crippen LogP contribution in [-0.4, -0.2) is 37.9 Å². The zero-order valence-corrected chi connectivity index (χ0v) is 11.9. The topological polar surface area (TPSA) is 90.1 Å². The maximum Gasteiger partial charge on any atom is 0.303 e. The number of aryl methyl sites for hydroxylation is 1. The number of hydrogen-bond acceptors (Lipinski definition) is 5. The zero-order valence-electron chi connectivity index (χ0n) is 11.9. The average molecular weight is 290 g/mol. The van der Waals surface area contributed by atoms with Crippen molar-refractivity contribution in [3.05, 3.63) is 24.3 Å². The van der Waals surface area contributed by atoms with Crippen molar-refractivity contribution in [1.82, 2.24) is 20.2 Å². The van der Waals surface area contributed by atoms with Crippen LogP contribution in [0.2, 0.25) is 0 Å². The molecule has 1 aromatic carbocycles. The van der Waals surface area contributed by atoms with E-state index in [4.69, 9.17) is 9.84 Å². The van der Waals surface area contributed by atoms with E-state index in [2.05, 4.69) is 15.5 Å². The van der Waals surface area contributed by atoms with Crippen molar-refractivity contribution in [1.29, 1.82) is 0 Å². The minimum absolute atomic E-state index is 0.0962. The van der Waals surface area contributed by atoms with E-state index in [1.165, 1.54) is 0 Å². The van der Waals surface area contributed by atoms with Crippen LogP contribution in [-0.2, 0) is 11.3 Å². The highest BCUT2D eigenvalue weighted by Gasteiger charge is 2.10. The summed E-state index contributed by atoms with van der Waals surface area (Å²) in [5.41, 5.74) is 0.851. The minimum Gasteiger partial charge on any atom is -0.494 e. The van der Waals surface area contributed by atoms with Crippen LogP contribution in [0.3, 0.4) is 0 Å². The van der Waals surface area contributed by atoms with Gasteiger partial charge in [-0.3, -0.25) is 4.79 Å². The molecule has 0 bridgehead atoms. The Hall–Kier alpha value is -2.44. The SMILES string of the molecule is CCCOc1cccc(-c2nnnn2CCCC(=O)O)c1. The third-order valence-electron chi connectivity index (χ3n) is 2.86. The third kappa shape index (κ3) is 4.27. The van der Waals surface area contributed by atoms with E-state index < -0.39 is 5.97 Å². The van der Waals surface area contributed by atoms with Crippen molar-refractivity contribution in [2.75, 3.05) is 6.61 Å². The van der Waals surface area contributed by atoms with Gasteiger partial charge in [-0.15, -0.1) is 5.10 Å². The molecule has 7 nitrogen and oxygen atoms in total. The number of benzene rings is 1. The molecule has 0 aliphatic rings. The lowest BCUT2D eigenvalue weighted by Crippen LogP contribution is -2.05. The lowest BCUT2D eigenvalue weighted by molar-refractivity contribution is -0.137. The monoisotopic (exact) mass is 290 g/mol. The zero-order chi connectivity index (χ0) is 15.1. The molecule has 7 heteroatoms. The van der Waals surface area contributed by atoms with Crippen molar-refractivity contribution >= 4 is 5.97 Å². The van der Waals surface area contributed by atoms with Crippen LogP contribution in [0.1, 0.15) is 26.2 Å². The number of hydrogen-bond donors (Lipinski definition) is 1. The van der Waals surface area contributed by atoms with Gasteiger partial charge in [0.15, 0.2) is 5.82 Å². The summed E-state index contributed by atoms with van der Waals surface area (Å²) in [6, 6.07) is 7.56. The summed E-state index contributed by atoms with van der Waals surface area (Å²) in [5.74, 6) is 0.566. The van der Waals surface area contributed by atoms with E-state index in [-0.39, 0.29) is 6.42 Å². The molecule has 0 amide bonds. The fourth-order valence-electron chi connectivity index (χ4n) is 1.89. The first-order chi connectivity index (χ1) is 10.2. The molecule has 0 aliphatic heterocycles. The minimum atomic E-state index is -0.820. The van der Waals surface area contributed by atoms with Crippen molar-refractivity contribution < 1.29 is 14.6 Å². The predicted molar refractivity (Wildman–Crippen MR) is 75.9 cm³/mol. The molecule has 21 heavy (non-hydrogen) atoms. The molecule has 0 fully saturated rings. The van der Waals surface area contributed by atoms with Gasteiger partial charge >= 0.3 is 5.97 Å². The molecule has 1 heterocycles. The lowest BCUT2D eigenvalue weighted by atomic mass is 10.2. The Balaban J connectivity index is 2.11. The molecule has 0 saturated heterocycles. The average Bonchev–Trinajstić information content (AvgIpc) is 2.93. The largest absolute Gasteiger partial charge is 0.494 e. The molecule has 112 valence electrons. The quantitative estimate of drug-likeness (QED) is 0.799. The van der Waals surface area contributed by atoms with Crippen molar-refractivity contribution in [2.45, 2.75) is 32.7 Å². The van der Waals surface area contributed by atoms with Crippen LogP contribution < -0.4 is 4.74 Å². The third-order valence-corrected chi connectivity index (χ3v) is 2.86. The van der Waals surface area contributed by atoms with Crippen LogP contribution in [0.4, 0.5) is 0 Å². The Morgan fingerprint density at radius 1 is 1.43 bits per heavy atom. The van der Waals surface area contributed by atoms with Crippen molar-refractivity contribution in [3.63, 3.8) is 0 Å². The molecule has 2 aromatic rings. The van der Waals surface area contributed by atoms with Gasteiger partial charge in [0.2, 0.25) is 0 Å². The Labute approximate surface area is 122 Å². The summed E-state index contributed by atoms with van der Waals surface area (Å²) in [7, 11) is 0. The standard InChI is InChI=1S/C14H18N4O3/c1-2-9-21-12-6-3-5-11(10-12)14-15-16-17-18(14)8-4-7-13(19)20/h3,5-6,10H,2,4,7-9H2,1H3,(H,19,20). The number of carboxylic acids is 1. The number of rotatable bonds is 8. The second-order valence-electron chi connectivity index (χ2n) is 4.60. The number of carbonyl (C=O) groups is 1. The first kappa shape index (κ1) is 15.0. The van der Waals surface area contributed by atoms with Gasteiger partial charge in [-0.05, 0) is 35.4 Å². The lowest BCUT2D eigenvalue weighted by Gasteiger charge is -2.07. The molecule has 1 N–H and O–H groups in total. The van der Waals surface area contributed by atoms with Crippen LogP contribution in [0.15, 0.2) is 24.3 Å². The number of carboxylic acid groups (broad SMARTS) is 1. The summed E-state index contributed by atoms with van der Waals surface area (Å²) in [6.45, 7) is 3.18. The second kappa shape index (κ2) is 7.37. The number of aromatic nitrogens is 4. The van der Waals surface area contributed by atoms with Gasteiger partial charge in [0, 0.05) is 18.5 Å². The van der Waals surface area contributed by atoms with Crippen LogP contribution >= 0.6 is 0 Å². The van der Waals surface area contributed by atoms with Gasteiger partial charge in [0.05, 0.1) is 6.61 Å². The fraction of sp³-hybridized carbons (Fsp3) is 0.429. The predicted octanol–water partition coefficient (Wildman–Crippen LogP) is 1.99. The molecule has 0 aliphatic carbocycles. The van der Waals surface area contributed by atoms with E-state index in [0.717, 1.165) is 17.7 Å². The van der Waals surface area contributed by atoms with Crippen LogP contribution in [0, 0.1) is 0 Å². The van der Waals surface area contributed by atoms with Gasteiger partial charge in [0.25, 0.3) is 0 Å². The molecule has 0 atom stereocenters. The number of aliphatic carboxylic acids is 1. The number of nitrogens with zero attached hydrogens (tertiary/aromatic N) is 4. The van der Waals surface area contributed by atoms with E-state index in [1.807, 2.05) is 31.2 Å². The van der Waals surface area contributed by atoms with Gasteiger partial charge in [-0.1, -0.05) is 19.1 Å². The van der Waals surface area contributed by atoms with Gasteiger partial charge < -0.3 is 9.84 Å². The first-order valence-corrected chi connectivity index (χ1v) is 6.92. The second-order valence-corrected chi connectivity index (χ2v) is 4.60. The molecule has 0 spiro atoms. The molecular formula is C14H18N4O3. The summed E-state index contributed by atoms with van der Waals surface area (Å²) in [4.78, 5) is 10.6. The molecule has 0 radical (unpaired) electrons. The van der Waals surface area contributed by atoms with Crippen molar-refractivity contribution in [2.24, 2.45) is 0 Å². The highest BCUT2D eigenvalue weighted by molar-refractivity contribution is 5.66. The molecule has 0 unspecified atom stereocenters. The van der Waals surface area contributed by atoms with Gasteiger partial charge in [-0.25, -0.2) is 4.68 Å². The normalized spacial score (nSPS) is 10.5. The summed E-state index contributed by atoms with van der Waals surface area (Å²) < 4.78 is 7.20. The van der Waals surface area contributed by atoms with E-state index in [0.29, 0.717) is 25.4 Å². The molecule has 0 saturated carbocycles. The highest BCUT2D eigenvalue weighted by Crippen LogP contribution is 2.22. The summed E-state index contributed by atoms with van der Waals surface area (Å²) in [6.07, 6.45) is 1.52. The maximum absolute atomic E-state index is 10.6. The molecular weight excluding hydrogens is 272 g/mol. The van der Waals surface area contributed by atoms with Crippen molar-refractivity contribution in [3.8, 4) is 17.1 Å². The Morgan fingerprint density at radius 3 is 3.05 bits per heavy atom.